The molecule has 130 valence electrons. The van der Waals surface area contributed by atoms with Crippen LogP contribution in [0, 0.1) is 22.2 Å². The Balaban J connectivity index is 4.73. The van der Waals surface area contributed by atoms with Crippen molar-refractivity contribution < 1.29 is 9.59 Å². The second kappa shape index (κ2) is 7.71. The molecule has 5 heteroatoms. The molecule has 0 aliphatic heterocycles. The highest BCUT2D eigenvalue weighted by Gasteiger charge is 2.39. The molecule has 0 rings (SSSR count). The van der Waals surface area contributed by atoms with Crippen molar-refractivity contribution in [1.82, 2.24) is 10.0 Å². The van der Waals surface area contributed by atoms with E-state index in [-0.39, 0.29) is 17.2 Å². The lowest BCUT2D eigenvalue weighted by atomic mass is 9.74. The van der Waals surface area contributed by atoms with Crippen molar-refractivity contribution in [2.45, 2.75) is 68.2 Å². The van der Waals surface area contributed by atoms with Crippen LogP contribution in [0.3, 0.4) is 0 Å². The highest BCUT2D eigenvalue weighted by atomic mass is 32.1. The van der Waals surface area contributed by atoms with Crippen LogP contribution in [-0.2, 0) is 9.59 Å². The van der Waals surface area contributed by atoms with E-state index in [0.29, 0.717) is 18.9 Å². The van der Waals surface area contributed by atoms with E-state index in [1.54, 1.807) is 0 Å². The maximum Gasteiger partial charge on any atom is 0.235 e. The first-order chi connectivity index (χ1) is 9.73. The average molecular weight is 331 g/mol. The van der Waals surface area contributed by atoms with Crippen LogP contribution >= 0.6 is 12.8 Å². The van der Waals surface area contributed by atoms with Crippen LogP contribution < -0.4 is 10.0 Å². The molecule has 4 nitrogen and oxygen atoms in total. The SMILES string of the molecule is CC(C)CC(C)(C)CNC(=O)C(C)(C)CC(C)(C)C(=O)NS. The summed E-state index contributed by atoms with van der Waals surface area (Å²) in [5.41, 5.74) is -1.19. The Morgan fingerprint density at radius 3 is 1.82 bits per heavy atom. The highest BCUT2D eigenvalue weighted by Crippen LogP contribution is 2.34. The number of nitrogens with one attached hydrogen (secondary N) is 2. The molecule has 2 amide bonds. The third kappa shape index (κ3) is 7.03. The summed E-state index contributed by atoms with van der Waals surface area (Å²) in [7, 11) is 0. The lowest BCUT2D eigenvalue weighted by Gasteiger charge is -2.34. The molecule has 0 aromatic rings. The van der Waals surface area contributed by atoms with Gasteiger partial charge in [0, 0.05) is 17.4 Å². The molecule has 0 saturated carbocycles. The summed E-state index contributed by atoms with van der Waals surface area (Å²) >= 11 is 3.82. The van der Waals surface area contributed by atoms with Crippen molar-refractivity contribution in [2.24, 2.45) is 22.2 Å². The zero-order chi connectivity index (χ0) is 17.8. The van der Waals surface area contributed by atoms with Gasteiger partial charge in [-0.15, -0.1) is 0 Å². The molecule has 0 spiro atoms. The van der Waals surface area contributed by atoms with Gasteiger partial charge in [-0.05, 0) is 24.2 Å². The molecule has 0 saturated heterocycles. The van der Waals surface area contributed by atoms with Crippen LogP contribution in [-0.4, -0.2) is 18.4 Å². The van der Waals surface area contributed by atoms with Crippen LogP contribution in [0.1, 0.15) is 68.2 Å². The Kier molecular flexibility index (Phi) is 7.46. The van der Waals surface area contributed by atoms with Crippen molar-refractivity contribution in [3.8, 4) is 0 Å². The second-order valence-electron chi connectivity index (χ2n) is 8.83. The van der Waals surface area contributed by atoms with Gasteiger partial charge < -0.3 is 10.0 Å². The Bertz CT molecular complexity index is 401. The van der Waals surface area contributed by atoms with E-state index in [1.165, 1.54) is 0 Å². The van der Waals surface area contributed by atoms with E-state index in [9.17, 15) is 9.59 Å². The van der Waals surface area contributed by atoms with Crippen LogP contribution in [0.5, 0.6) is 0 Å². The van der Waals surface area contributed by atoms with Gasteiger partial charge in [0.15, 0.2) is 0 Å². The van der Waals surface area contributed by atoms with Crippen molar-refractivity contribution in [2.75, 3.05) is 6.54 Å². The minimum absolute atomic E-state index is 0.00984. The standard InChI is InChI=1S/C17H34N2O2S/c1-12(2)9-15(3,4)11-18-13(20)16(5,6)10-17(7,8)14(21)19-22/h12,22H,9-11H2,1-8H3,(H,18,20)(H,19,21). The van der Waals surface area contributed by atoms with Crippen LogP contribution in [0.15, 0.2) is 0 Å². The molecule has 0 atom stereocenters. The third-order valence-electron chi connectivity index (χ3n) is 3.90. The van der Waals surface area contributed by atoms with E-state index < -0.39 is 10.8 Å². The second-order valence-corrected chi connectivity index (χ2v) is 9.05. The lowest BCUT2D eigenvalue weighted by Crippen LogP contribution is -2.45. The van der Waals surface area contributed by atoms with Crippen LogP contribution in [0.4, 0.5) is 0 Å². The zero-order valence-corrected chi connectivity index (χ0v) is 16.4. The largest absolute Gasteiger partial charge is 0.355 e. The maximum atomic E-state index is 12.5. The van der Waals surface area contributed by atoms with Gasteiger partial charge in [0.2, 0.25) is 11.8 Å². The van der Waals surface area contributed by atoms with Gasteiger partial charge in [0.25, 0.3) is 0 Å². The number of amides is 2. The van der Waals surface area contributed by atoms with Crippen molar-refractivity contribution in [3.63, 3.8) is 0 Å². The van der Waals surface area contributed by atoms with Crippen LogP contribution in [0.2, 0.25) is 0 Å². The molecular formula is C17H34N2O2S. The predicted octanol–water partition coefficient (Wildman–Crippen LogP) is 3.58. The molecule has 22 heavy (non-hydrogen) atoms. The molecular weight excluding hydrogens is 296 g/mol. The number of thiol groups is 1. The maximum absolute atomic E-state index is 12.5. The van der Waals surface area contributed by atoms with E-state index in [2.05, 4.69) is 50.5 Å². The van der Waals surface area contributed by atoms with Gasteiger partial charge in [-0.2, -0.15) is 0 Å². The summed E-state index contributed by atoms with van der Waals surface area (Å²) in [6.07, 6.45) is 1.52. The summed E-state index contributed by atoms with van der Waals surface area (Å²) in [5.74, 6) is 0.416. The normalized spacial score (nSPS) is 13.2. The first kappa shape index (κ1) is 21.3. The van der Waals surface area contributed by atoms with Crippen molar-refractivity contribution in [1.29, 1.82) is 0 Å². The highest BCUT2D eigenvalue weighted by molar-refractivity contribution is 7.78. The quantitative estimate of drug-likeness (QED) is 0.596. The van der Waals surface area contributed by atoms with Gasteiger partial charge in [-0.3, -0.25) is 9.59 Å². The van der Waals surface area contributed by atoms with Crippen molar-refractivity contribution in [3.05, 3.63) is 0 Å². The smallest absolute Gasteiger partial charge is 0.235 e. The molecule has 0 bridgehead atoms. The lowest BCUT2D eigenvalue weighted by molar-refractivity contribution is -0.135. The number of carbonyl (C=O) groups excluding carboxylic acids is 2. The van der Waals surface area contributed by atoms with Gasteiger partial charge in [0.05, 0.1) is 0 Å². The topological polar surface area (TPSA) is 58.2 Å². The number of hydrogen-bond donors (Lipinski definition) is 3. The summed E-state index contributed by atoms with van der Waals surface area (Å²) in [4.78, 5) is 24.4. The fourth-order valence-electron chi connectivity index (χ4n) is 3.15. The molecule has 2 N–H and O–H groups in total. The van der Waals surface area contributed by atoms with Gasteiger partial charge in [-0.1, -0.05) is 68.2 Å². The average Bonchev–Trinajstić information content (AvgIpc) is 2.31. The Hall–Kier alpha value is -0.710. The van der Waals surface area contributed by atoms with Gasteiger partial charge in [-0.25, -0.2) is 0 Å². The molecule has 0 aliphatic rings. The van der Waals surface area contributed by atoms with Crippen LogP contribution in [0.25, 0.3) is 0 Å². The minimum Gasteiger partial charge on any atom is -0.355 e. The Morgan fingerprint density at radius 2 is 1.41 bits per heavy atom. The molecule has 0 aliphatic carbocycles. The van der Waals surface area contributed by atoms with E-state index >= 15 is 0 Å². The number of rotatable bonds is 8. The molecule has 0 heterocycles. The molecule has 0 unspecified atom stereocenters. The summed E-state index contributed by atoms with van der Waals surface area (Å²) < 4.78 is 2.37. The number of hydrogen-bond acceptors (Lipinski definition) is 3. The molecule has 0 aromatic carbocycles. The van der Waals surface area contributed by atoms with Crippen molar-refractivity contribution >= 4 is 24.6 Å². The Labute approximate surface area is 141 Å². The van der Waals surface area contributed by atoms with Gasteiger partial charge >= 0.3 is 0 Å². The molecule has 0 fully saturated rings. The van der Waals surface area contributed by atoms with E-state index in [4.69, 9.17) is 0 Å². The summed E-state index contributed by atoms with van der Waals surface area (Å²) in [6.45, 7) is 16.8. The van der Waals surface area contributed by atoms with E-state index in [0.717, 1.165) is 6.42 Å². The summed E-state index contributed by atoms with van der Waals surface area (Å²) in [5, 5.41) is 3.06. The minimum atomic E-state index is -0.643. The summed E-state index contributed by atoms with van der Waals surface area (Å²) in [6, 6.07) is 0. The molecule has 0 radical (unpaired) electrons. The third-order valence-corrected chi connectivity index (χ3v) is 4.11. The monoisotopic (exact) mass is 330 g/mol. The number of carbonyl (C=O) groups is 2. The van der Waals surface area contributed by atoms with Gasteiger partial charge in [0.1, 0.15) is 0 Å². The zero-order valence-electron chi connectivity index (χ0n) is 15.5. The fourth-order valence-corrected chi connectivity index (χ4v) is 3.46. The first-order valence-electron chi connectivity index (χ1n) is 7.96. The Morgan fingerprint density at radius 1 is 0.955 bits per heavy atom. The van der Waals surface area contributed by atoms with E-state index in [1.807, 2.05) is 27.7 Å². The predicted molar refractivity (Wildman–Crippen MR) is 95.6 cm³/mol. The first-order valence-corrected chi connectivity index (χ1v) is 8.41. The fraction of sp³-hybridized carbons (Fsp3) is 0.882. The molecule has 0 aromatic heterocycles.